The van der Waals surface area contributed by atoms with Crippen molar-refractivity contribution < 1.29 is 33.8 Å². The molecule has 2 aromatic carbocycles. The number of ether oxygens (including phenoxy) is 2. The van der Waals surface area contributed by atoms with Crippen molar-refractivity contribution in [3.8, 4) is 0 Å². The molecule has 1 aliphatic rings. The Balaban J connectivity index is 0.000000580. The van der Waals surface area contributed by atoms with Crippen LogP contribution in [0.2, 0.25) is 5.02 Å². The number of halogens is 1. The first-order valence-corrected chi connectivity index (χ1v) is 12.6. The Morgan fingerprint density at radius 2 is 1.82 bits per heavy atom. The fourth-order valence-electron chi connectivity index (χ4n) is 3.73. The third-order valence-corrected chi connectivity index (χ3v) is 5.69. The molecule has 0 aliphatic carbocycles. The van der Waals surface area contributed by atoms with Crippen LogP contribution in [0.15, 0.2) is 67.0 Å². The molecule has 3 rings (SSSR count). The lowest BCUT2D eigenvalue weighted by Gasteiger charge is -2.26. The molecule has 1 heterocycles. The molecule has 0 unspecified atom stereocenters. The highest BCUT2D eigenvalue weighted by molar-refractivity contribution is 6.31. The van der Waals surface area contributed by atoms with Crippen LogP contribution in [0, 0.1) is 0 Å². The van der Waals surface area contributed by atoms with Crippen LogP contribution < -0.4 is 15.1 Å². The number of amides is 1. The van der Waals surface area contributed by atoms with Gasteiger partial charge in [0.15, 0.2) is 0 Å². The van der Waals surface area contributed by atoms with Gasteiger partial charge >= 0.3 is 11.9 Å². The molecule has 208 valence electrons. The SMILES string of the molecule is CCOC(=O)/C=C/CNCCCCN1c2cc(Cl)ccc2C(=O)N(C)c2ccccc21.O=CO/C=C\C(=O)O. The molecule has 0 saturated carbocycles. The number of hydrogen-bond acceptors (Lipinski definition) is 8. The standard InChI is InChI=1S/C24H28ClN3O3.C4H4O4/c1-3-31-23(29)11-8-15-26-14-6-7-16-28-21-10-5-4-9-20(21)27(2)24(30)19-13-12-18(25)17-22(19)28;5-3-8-2-1-4(6)7/h4-5,8-13,17,26H,3,6-7,14-16H2,1-2H3;1-3H,(H,6,7)/b11-8+;2-1-. The number of carboxylic acids is 1. The number of carbonyl (C=O) groups excluding carboxylic acids is 3. The van der Waals surface area contributed by atoms with Gasteiger partial charge in [-0.05, 0) is 56.6 Å². The van der Waals surface area contributed by atoms with Crippen LogP contribution in [0.3, 0.4) is 0 Å². The number of benzene rings is 2. The maximum absolute atomic E-state index is 13.0. The molecule has 0 saturated heterocycles. The van der Waals surface area contributed by atoms with Gasteiger partial charge < -0.3 is 29.7 Å². The summed E-state index contributed by atoms with van der Waals surface area (Å²) in [6.45, 7) is 4.50. The molecule has 39 heavy (non-hydrogen) atoms. The number of carboxylic acid groups (broad SMARTS) is 1. The van der Waals surface area contributed by atoms with Crippen LogP contribution in [-0.4, -0.2) is 62.7 Å². The van der Waals surface area contributed by atoms with E-state index in [1.54, 1.807) is 37.1 Å². The molecule has 0 atom stereocenters. The predicted octanol–water partition coefficient (Wildman–Crippen LogP) is 4.31. The molecule has 0 bridgehead atoms. The number of unbranched alkanes of at least 4 members (excludes halogenated alkanes) is 1. The van der Waals surface area contributed by atoms with E-state index in [9.17, 15) is 19.2 Å². The molecule has 2 aromatic rings. The normalized spacial score (nSPS) is 12.3. The summed E-state index contributed by atoms with van der Waals surface area (Å²) in [6.07, 6.45) is 6.59. The predicted molar refractivity (Wildman–Crippen MR) is 149 cm³/mol. The topological polar surface area (TPSA) is 125 Å². The van der Waals surface area contributed by atoms with E-state index in [4.69, 9.17) is 21.4 Å². The van der Waals surface area contributed by atoms with Crippen molar-refractivity contribution in [1.82, 2.24) is 5.32 Å². The first-order valence-electron chi connectivity index (χ1n) is 12.3. The molecule has 0 spiro atoms. The van der Waals surface area contributed by atoms with Gasteiger partial charge in [0.1, 0.15) is 6.26 Å². The average molecular weight is 558 g/mol. The lowest BCUT2D eigenvalue weighted by molar-refractivity contribution is -0.137. The molecular formula is C28H32ClN3O7. The lowest BCUT2D eigenvalue weighted by atomic mass is 10.1. The molecule has 0 radical (unpaired) electrons. The van der Waals surface area contributed by atoms with Crippen molar-refractivity contribution in [2.75, 3.05) is 43.1 Å². The summed E-state index contributed by atoms with van der Waals surface area (Å²) in [5.74, 6) is -1.51. The molecule has 1 aliphatic heterocycles. The number of rotatable bonds is 12. The molecule has 2 N–H and O–H groups in total. The van der Waals surface area contributed by atoms with Crippen molar-refractivity contribution in [3.63, 3.8) is 0 Å². The third-order valence-electron chi connectivity index (χ3n) is 5.45. The van der Waals surface area contributed by atoms with E-state index in [-0.39, 0.29) is 18.3 Å². The Bertz CT molecular complexity index is 1200. The van der Waals surface area contributed by atoms with E-state index in [2.05, 4.69) is 15.0 Å². The highest BCUT2D eigenvalue weighted by atomic mass is 35.5. The zero-order valence-electron chi connectivity index (χ0n) is 21.8. The van der Waals surface area contributed by atoms with Crippen molar-refractivity contribution in [2.45, 2.75) is 19.8 Å². The molecule has 11 heteroatoms. The smallest absolute Gasteiger partial charge is 0.331 e. The van der Waals surface area contributed by atoms with Crippen LogP contribution in [0.5, 0.6) is 0 Å². The largest absolute Gasteiger partial charge is 0.478 e. The maximum Gasteiger partial charge on any atom is 0.331 e. The van der Waals surface area contributed by atoms with Crippen molar-refractivity contribution in [2.24, 2.45) is 0 Å². The summed E-state index contributed by atoms with van der Waals surface area (Å²) in [4.78, 5) is 47.1. The van der Waals surface area contributed by atoms with Crippen LogP contribution in [0.1, 0.15) is 30.1 Å². The molecule has 0 aromatic heterocycles. The number of hydrogen-bond donors (Lipinski definition) is 2. The second-order valence-corrected chi connectivity index (χ2v) is 8.54. The van der Waals surface area contributed by atoms with E-state index in [1.165, 1.54) is 6.08 Å². The zero-order chi connectivity index (χ0) is 28.6. The summed E-state index contributed by atoms with van der Waals surface area (Å²) in [5.41, 5.74) is 3.34. The second kappa shape index (κ2) is 16.6. The fourth-order valence-corrected chi connectivity index (χ4v) is 3.89. The highest BCUT2D eigenvalue weighted by Crippen LogP contribution is 2.41. The summed E-state index contributed by atoms with van der Waals surface area (Å²) in [7, 11) is 1.80. The Hall–Kier alpha value is -4.15. The Labute approximate surface area is 232 Å². The van der Waals surface area contributed by atoms with Crippen molar-refractivity contribution in [3.05, 3.63) is 77.5 Å². The number of para-hydroxylation sites is 2. The maximum atomic E-state index is 13.0. The van der Waals surface area contributed by atoms with Crippen LogP contribution in [-0.2, 0) is 23.9 Å². The molecule has 1 amide bonds. The fraction of sp³-hybridized carbons (Fsp3) is 0.286. The summed E-state index contributed by atoms with van der Waals surface area (Å²) in [6, 6.07) is 13.3. The quantitative estimate of drug-likeness (QED) is 0.129. The minimum Gasteiger partial charge on any atom is -0.478 e. The van der Waals surface area contributed by atoms with E-state index < -0.39 is 5.97 Å². The van der Waals surface area contributed by atoms with Gasteiger partial charge in [-0.25, -0.2) is 9.59 Å². The minimum absolute atomic E-state index is 0.0447. The number of fused-ring (bicyclic) bond motifs is 2. The monoisotopic (exact) mass is 557 g/mol. The number of anilines is 3. The van der Waals surface area contributed by atoms with E-state index >= 15 is 0 Å². The van der Waals surface area contributed by atoms with Gasteiger partial charge in [-0.1, -0.05) is 29.8 Å². The first kappa shape index (κ1) is 31.1. The van der Waals surface area contributed by atoms with Gasteiger partial charge in [0.2, 0.25) is 0 Å². The summed E-state index contributed by atoms with van der Waals surface area (Å²) in [5, 5.41) is 11.8. The molecule has 0 fully saturated rings. The van der Waals surface area contributed by atoms with Crippen molar-refractivity contribution in [1.29, 1.82) is 0 Å². The third kappa shape index (κ3) is 9.91. The highest BCUT2D eigenvalue weighted by Gasteiger charge is 2.28. The Morgan fingerprint density at radius 1 is 1.08 bits per heavy atom. The van der Waals surface area contributed by atoms with Gasteiger partial charge in [0, 0.05) is 31.2 Å². The summed E-state index contributed by atoms with van der Waals surface area (Å²) >= 11 is 6.28. The van der Waals surface area contributed by atoms with E-state index in [0.29, 0.717) is 29.8 Å². The average Bonchev–Trinajstić information content (AvgIpc) is 2.99. The van der Waals surface area contributed by atoms with Crippen LogP contribution >= 0.6 is 11.6 Å². The second-order valence-electron chi connectivity index (χ2n) is 8.10. The van der Waals surface area contributed by atoms with Gasteiger partial charge in [-0.2, -0.15) is 0 Å². The number of carbonyl (C=O) groups is 4. The van der Waals surface area contributed by atoms with Gasteiger partial charge in [-0.15, -0.1) is 0 Å². The van der Waals surface area contributed by atoms with Gasteiger partial charge in [-0.3, -0.25) is 9.59 Å². The lowest BCUT2D eigenvalue weighted by Crippen LogP contribution is -2.25. The number of esters is 1. The number of aliphatic carboxylic acids is 1. The van der Waals surface area contributed by atoms with Gasteiger partial charge in [0.25, 0.3) is 12.4 Å². The Kier molecular flexibility index (Phi) is 13.3. The first-order chi connectivity index (χ1) is 18.8. The minimum atomic E-state index is -1.15. The van der Waals surface area contributed by atoms with Gasteiger partial charge in [0.05, 0.1) is 35.3 Å². The van der Waals surface area contributed by atoms with Crippen LogP contribution in [0.4, 0.5) is 17.1 Å². The number of nitrogens with zero attached hydrogens (tertiary/aromatic N) is 2. The zero-order valence-corrected chi connectivity index (χ0v) is 22.6. The van der Waals surface area contributed by atoms with E-state index in [0.717, 1.165) is 49.3 Å². The number of nitrogens with one attached hydrogen (secondary N) is 1. The van der Waals surface area contributed by atoms with Crippen molar-refractivity contribution >= 4 is 53.0 Å². The van der Waals surface area contributed by atoms with Crippen LogP contribution in [0.25, 0.3) is 0 Å². The molecular weight excluding hydrogens is 526 g/mol. The Morgan fingerprint density at radius 3 is 2.51 bits per heavy atom. The van der Waals surface area contributed by atoms with E-state index in [1.807, 2.05) is 30.3 Å². The summed E-state index contributed by atoms with van der Waals surface area (Å²) < 4.78 is 8.75. The molecule has 10 nitrogen and oxygen atoms in total.